The number of likely N-dealkylation sites (tertiary alicyclic amines) is 1. The van der Waals surface area contributed by atoms with Gasteiger partial charge in [-0.2, -0.15) is 13.2 Å². The molecular weight excluding hydrogens is 331 g/mol. The van der Waals surface area contributed by atoms with Crippen LogP contribution in [0.4, 0.5) is 18.9 Å². The number of nitrogens with zero attached hydrogens (tertiary/aromatic N) is 1. The molecule has 25 heavy (non-hydrogen) atoms. The summed E-state index contributed by atoms with van der Waals surface area (Å²) in [5.41, 5.74) is -1.02. The van der Waals surface area contributed by atoms with E-state index in [1.807, 2.05) is 6.92 Å². The maximum absolute atomic E-state index is 12.9. The van der Waals surface area contributed by atoms with Gasteiger partial charge in [-0.15, -0.1) is 0 Å². The van der Waals surface area contributed by atoms with E-state index < -0.39 is 17.6 Å². The van der Waals surface area contributed by atoms with Crippen LogP contribution in [0.3, 0.4) is 0 Å². The van der Waals surface area contributed by atoms with Gasteiger partial charge in [0.2, 0.25) is 5.91 Å². The van der Waals surface area contributed by atoms with Gasteiger partial charge in [-0.3, -0.25) is 4.79 Å². The van der Waals surface area contributed by atoms with Crippen molar-refractivity contribution >= 4 is 11.6 Å². The first-order valence-corrected chi connectivity index (χ1v) is 8.71. The summed E-state index contributed by atoms with van der Waals surface area (Å²) in [6.07, 6.45) is -3.21. The van der Waals surface area contributed by atoms with Gasteiger partial charge in [0.1, 0.15) is 0 Å². The van der Waals surface area contributed by atoms with E-state index in [1.54, 1.807) is 0 Å². The molecule has 0 radical (unpaired) electrons. The SMILES string of the molecule is CCN1CCC(CNC(C)CC(=O)Nc2ccccc2C(F)(F)F)C1. The van der Waals surface area contributed by atoms with Crippen molar-refractivity contribution in [3.63, 3.8) is 0 Å². The highest BCUT2D eigenvalue weighted by molar-refractivity contribution is 5.92. The Morgan fingerprint density at radius 2 is 2.08 bits per heavy atom. The topological polar surface area (TPSA) is 44.4 Å². The van der Waals surface area contributed by atoms with Crippen LogP contribution in [-0.4, -0.2) is 43.0 Å². The molecule has 2 atom stereocenters. The minimum absolute atomic E-state index is 0.0891. The molecule has 1 aromatic carbocycles. The van der Waals surface area contributed by atoms with E-state index in [-0.39, 0.29) is 18.2 Å². The van der Waals surface area contributed by atoms with Gasteiger partial charge in [0.05, 0.1) is 11.3 Å². The summed E-state index contributed by atoms with van der Waals surface area (Å²) in [6.45, 7) is 8.05. The van der Waals surface area contributed by atoms with Gasteiger partial charge in [0, 0.05) is 19.0 Å². The van der Waals surface area contributed by atoms with Crippen LogP contribution < -0.4 is 10.6 Å². The predicted molar refractivity (Wildman–Crippen MR) is 92.4 cm³/mol. The van der Waals surface area contributed by atoms with Crippen LogP contribution in [0.2, 0.25) is 0 Å². The van der Waals surface area contributed by atoms with Crippen molar-refractivity contribution in [3.05, 3.63) is 29.8 Å². The van der Waals surface area contributed by atoms with E-state index in [4.69, 9.17) is 0 Å². The Balaban J connectivity index is 1.80. The maximum atomic E-state index is 12.9. The van der Waals surface area contributed by atoms with Crippen molar-refractivity contribution in [1.82, 2.24) is 10.2 Å². The van der Waals surface area contributed by atoms with Crippen molar-refractivity contribution in [2.24, 2.45) is 5.92 Å². The van der Waals surface area contributed by atoms with Gasteiger partial charge >= 0.3 is 6.18 Å². The van der Waals surface area contributed by atoms with Gasteiger partial charge in [-0.05, 0) is 51.0 Å². The van der Waals surface area contributed by atoms with Crippen LogP contribution >= 0.6 is 0 Å². The molecule has 1 aromatic rings. The Labute approximate surface area is 146 Å². The number of amides is 1. The highest BCUT2D eigenvalue weighted by Crippen LogP contribution is 2.34. The number of alkyl halides is 3. The van der Waals surface area contributed by atoms with E-state index in [2.05, 4.69) is 22.5 Å². The average molecular weight is 357 g/mol. The predicted octanol–water partition coefficient (Wildman–Crippen LogP) is 3.35. The molecule has 0 aliphatic carbocycles. The second kappa shape index (κ2) is 8.67. The number of benzene rings is 1. The lowest BCUT2D eigenvalue weighted by atomic mass is 10.1. The molecule has 140 valence electrons. The fourth-order valence-corrected chi connectivity index (χ4v) is 3.13. The fourth-order valence-electron chi connectivity index (χ4n) is 3.13. The lowest BCUT2D eigenvalue weighted by Crippen LogP contribution is -2.35. The molecule has 0 bridgehead atoms. The molecule has 0 spiro atoms. The van der Waals surface area contributed by atoms with Crippen molar-refractivity contribution in [3.8, 4) is 0 Å². The molecule has 2 unspecified atom stereocenters. The molecule has 2 rings (SSSR count). The normalized spacial score (nSPS) is 19.8. The summed E-state index contributed by atoms with van der Waals surface area (Å²) >= 11 is 0. The second-order valence-corrected chi connectivity index (χ2v) is 6.65. The van der Waals surface area contributed by atoms with Crippen molar-refractivity contribution < 1.29 is 18.0 Å². The third-order valence-electron chi connectivity index (χ3n) is 4.57. The molecule has 7 heteroatoms. The number of para-hydroxylation sites is 1. The number of hydrogen-bond donors (Lipinski definition) is 2. The second-order valence-electron chi connectivity index (χ2n) is 6.65. The van der Waals surface area contributed by atoms with Gasteiger partial charge in [-0.25, -0.2) is 0 Å². The van der Waals surface area contributed by atoms with Gasteiger partial charge in [0.15, 0.2) is 0 Å². The molecule has 2 N–H and O–H groups in total. The smallest absolute Gasteiger partial charge is 0.325 e. The Morgan fingerprint density at radius 1 is 1.36 bits per heavy atom. The lowest BCUT2D eigenvalue weighted by Gasteiger charge is -2.18. The molecule has 1 heterocycles. The van der Waals surface area contributed by atoms with Crippen LogP contribution in [0.1, 0.15) is 32.3 Å². The van der Waals surface area contributed by atoms with E-state index >= 15 is 0 Å². The third kappa shape index (κ3) is 6.01. The Hall–Kier alpha value is -1.60. The Bertz CT molecular complexity index is 577. The summed E-state index contributed by atoms with van der Waals surface area (Å²) in [6, 6.07) is 4.94. The minimum Gasteiger partial charge on any atom is -0.325 e. The molecule has 1 amide bonds. The van der Waals surface area contributed by atoms with Crippen LogP contribution in [0.5, 0.6) is 0 Å². The first-order chi connectivity index (χ1) is 11.8. The average Bonchev–Trinajstić information content (AvgIpc) is 3.00. The maximum Gasteiger partial charge on any atom is 0.418 e. The molecule has 4 nitrogen and oxygen atoms in total. The zero-order chi connectivity index (χ0) is 18.4. The number of hydrogen-bond acceptors (Lipinski definition) is 3. The van der Waals surface area contributed by atoms with Crippen molar-refractivity contribution in [2.75, 3.05) is 31.5 Å². The summed E-state index contributed by atoms with van der Waals surface area (Å²) in [5, 5.41) is 5.71. The lowest BCUT2D eigenvalue weighted by molar-refractivity contribution is -0.137. The third-order valence-corrected chi connectivity index (χ3v) is 4.57. The van der Waals surface area contributed by atoms with E-state index in [0.29, 0.717) is 5.92 Å². The number of carbonyl (C=O) groups is 1. The highest BCUT2D eigenvalue weighted by Gasteiger charge is 2.33. The zero-order valence-corrected chi connectivity index (χ0v) is 14.7. The highest BCUT2D eigenvalue weighted by atomic mass is 19.4. The van der Waals surface area contributed by atoms with E-state index in [0.717, 1.165) is 38.7 Å². The molecule has 0 saturated carbocycles. The molecular formula is C18H26F3N3O. The van der Waals surface area contributed by atoms with Gasteiger partial charge in [-0.1, -0.05) is 19.1 Å². The minimum atomic E-state index is -4.48. The van der Waals surface area contributed by atoms with E-state index in [1.165, 1.54) is 18.2 Å². The molecule has 1 aliphatic rings. The largest absolute Gasteiger partial charge is 0.418 e. The quantitative estimate of drug-likeness (QED) is 0.787. The summed E-state index contributed by atoms with van der Waals surface area (Å²) in [4.78, 5) is 14.5. The first-order valence-electron chi connectivity index (χ1n) is 8.71. The van der Waals surface area contributed by atoms with Gasteiger partial charge < -0.3 is 15.5 Å². The van der Waals surface area contributed by atoms with Crippen LogP contribution in [-0.2, 0) is 11.0 Å². The Morgan fingerprint density at radius 3 is 2.72 bits per heavy atom. The molecule has 1 fully saturated rings. The number of anilines is 1. The summed E-state index contributed by atoms with van der Waals surface area (Å²) < 4.78 is 38.8. The fraction of sp³-hybridized carbons (Fsp3) is 0.611. The summed E-state index contributed by atoms with van der Waals surface area (Å²) in [7, 11) is 0. The number of nitrogens with one attached hydrogen (secondary N) is 2. The number of halogens is 3. The van der Waals surface area contributed by atoms with E-state index in [9.17, 15) is 18.0 Å². The van der Waals surface area contributed by atoms with Crippen molar-refractivity contribution in [2.45, 2.75) is 38.9 Å². The molecule has 1 aliphatic heterocycles. The molecule has 0 aromatic heterocycles. The number of carbonyl (C=O) groups excluding carboxylic acids is 1. The van der Waals surface area contributed by atoms with Gasteiger partial charge in [0.25, 0.3) is 0 Å². The zero-order valence-electron chi connectivity index (χ0n) is 14.7. The number of rotatable bonds is 7. The Kier molecular flexibility index (Phi) is 6.84. The monoisotopic (exact) mass is 357 g/mol. The first kappa shape index (κ1) is 19.7. The van der Waals surface area contributed by atoms with Crippen molar-refractivity contribution in [1.29, 1.82) is 0 Å². The summed E-state index contributed by atoms with van der Waals surface area (Å²) in [5.74, 6) is 0.148. The van der Waals surface area contributed by atoms with Crippen LogP contribution in [0.25, 0.3) is 0 Å². The van der Waals surface area contributed by atoms with Crippen LogP contribution in [0, 0.1) is 5.92 Å². The van der Waals surface area contributed by atoms with Crippen LogP contribution in [0.15, 0.2) is 24.3 Å². The molecule has 1 saturated heterocycles. The standard InChI is InChI=1S/C18H26F3N3O/c1-3-24-9-8-14(12-24)11-22-13(2)10-17(25)23-16-7-5-4-6-15(16)18(19,20)21/h4-7,13-14,22H,3,8-12H2,1-2H3,(H,23,25).